The summed E-state index contributed by atoms with van der Waals surface area (Å²) in [6.45, 7) is 5.10. The van der Waals surface area contributed by atoms with Crippen LogP contribution in [0.2, 0.25) is 0 Å². The molecule has 0 unspecified atom stereocenters. The summed E-state index contributed by atoms with van der Waals surface area (Å²) < 4.78 is 6.10. The van der Waals surface area contributed by atoms with Gasteiger partial charge in [0.1, 0.15) is 13.1 Å². The van der Waals surface area contributed by atoms with E-state index in [4.69, 9.17) is 4.74 Å². The highest BCUT2D eigenvalue weighted by Crippen LogP contribution is 2.13. The monoisotopic (exact) mass is 287 g/mol. The van der Waals surface area contributed by atoms with Crippen LogP contribution >= 0.6 is 0 Å². The summed E-state index contributed by atoms with van der Waals surface area (Å²) in [5.41, 5.74) is 2.81. The average molecular weight is 288 g/mol. The van der Waals surface area contributed by atoms with Gasteiger partial charge in [-0.05, 0) is 12.5 Å². The first kappa shape index (κ1) is 15.6. The summed E-state index contributed by atoms with van der Waals surface area (Å²) in [4.78, 5) is 0. The Morgan fingerprint density at radius 1 is 1.19 bits per heavy atom. The zero-order chi connectivity index (χ0) is 11.3. The van der Waals surface area contributed by atoms with E-state index in [0.29, 0.717) is 0 Å². The number of ether oxygens (including phenoxy) is 1. The van der Waals surface area contributed by atoms with Gasteiger partial charge in [0.2, 0.25) is 0 Å². The molecule has 0 bridgehead atoms. The van der Waals surface area contributed by atoms with E-state index in [0.717, 1.165) is 24.2 Å². The molecule has 0 saturated heterocycles. The number of aryl methyl sites for hydroxylation is 1. The molecule has 92 valence electrons. The van der Waals surface area contributed by atoms with Crippen molar-refractivity contribution in [2.24, 2.45) is 0 Å². The first-order valence-electron chi connectivity index (χ1n) is 5.40. The third-order valence-corrected chi connectivity index (χ3v) is 2.76. The van der Waals surface area contributed by atoms with Crippen LogP contribution in [0.3, 0.4) is 0 Å². The van der Waals surface area contributed by atoms with Crippen LogP contribution in [0.25, 0.3) is 0 Å². The zero-order valence-corrected chi connectivity index (χ0v) is 12.3. The molecule has 0 aliphatic heterocycles. The fourth-order valence-electron chi connectivity index (χ4n) is 1.67. The van der Waals surface area contributed by atoms with Gasteiger partial charge in [-0.15, -0.1) is 0 Å². The predicted molar refractivity (Wildman–Crippen MR) is 63.7 cm³/mol. The Morgan fingerprint density at radius 2 is 1.81 bits per heavy atom. The lowest BCUT2D eigenvalue weighted by Crippen LogP contribution is -3.00. The minimum Gasteiger partial charge on any atom is -1.00 e. The van der Waals surface area contributed by atoms with E-state index in [1.165, 1.54) is 11.1 Å². The first-order valence-corrected chi connectivity index (χ1v) is 5.40. The minimum absolute atomic E-state index is 0. The fourth-order valence-corrected chi connectivity index (χ4v) is 1.67. The summed E-state index contributed by atoms with van der Waals surface area (Å²) in [6.07, 6.45) is 0. The van der Waals surface area contributed by atoms with E-state index in [-0.39, 0.29) is 17.0 Å². The number of hydrogen-bond donors (Lipinski definition) is 0. The van der Waals surface area contributed by atoms with Gasteiger partial charge < -0.3 is 26.2 Å². The van der Waals surface area contributed by atoms with Gasteiger partial charge in [-0.25, -0.2) is 0 Å². The van der Waals surface area contributed by atoms with Crippen LogP contribution in [0.4, 0.5) is 0 Å². The maximum absolute atomic E-state index is 5.13. The molecule has 0 amide bonds. The standard InChI is InChI=1S/C13H22NO.BrH/c1-12-7-5-6-8-13(12)11-14(2,3)9-10-15-4;/h5-8H,9-11H2,1-4H3;1H/q+1;/p-1. The first-order chi connectivity index (χ1) is 7.05. The number of halogens is 1. The Labute approximate surface area is 110 Å². The Bertz CT molecular complexity index is 313. The molecule has 1 aromatic carbocycles. The van der Waals surface area contributed by atoms with Crippen LogP contribution in [0.1, 0.15) is 11.1 Å². The molecule has 0 heterocycles. The zero-order valence-electron chi connectivity index (χ0n) is 10.7. The molecule has 0 aliphatic carbocycles. The molecule has 0 atom stereocenters. The summed E-state index contributed by atoms with van der Waals surface area (Å²) in [5.74, 6) is 0. The van der Waals surface area contributed by atoms with Gasteiger partial charge in [-0.1, -0.05) is 24.3 Å². The van der Waals surface area contributed by atoms with E-state index in [2.05, 4.69) is 45.3 Å². The molecule has 0 aromatic heterocycles. The van der Waals surface area contributed by atoms with Crippen LogP contribution in [-0.4, -0.2) is 38.8 Å². The van der Waals surface area contributed by atoms with Gasteiger partial charge >= 0.3 is 0 Å². The number of rotatable bonds is 5. The Kier molecular flexibility index (Phi) is 6.88. The number of nitrogens with zero attached hydrogens (tertiary/aromatic N) is 1. The maximum Gasteiger partial charge on any atom is 0.104 e. The molecule has 3 heteroatoms. The second-order valence-corrected chi connectivity index (χ2v) is 4.74. The molecule has 2 nitrogen and oxygen atoms in total. The van der Waals surface area contributed by atoms with Gasteiger partial charge in [0.05, 0.1) is 20.7 Å². The lowest BCUT2D eigenvalue weighted by molar-refractivity contribution is -0.903. The number of methoxy groups -OCH3 is 1. The third-order valence-electron chi connectivity index (χ3n) is 2.76. The summed E-state index contributed by atoms with van der Waals surface area (Å²) in [7, 11) is 6.24. The number of benzene rings is 1. The van der Waals surface area contributed by atoms with Gasteiger partial charge in [0.25, 0.3) is 0 Å². The quantitative estimate of drug-likeness (QED) is 0.646. The van der Waals surface area contributed by atoms with Crippen LogP contribution in [0, 0.1) is 6.92 Å². The highest BCUT2D eigenvalue weighted by atomic mass is 79.9. The van der Waals surface area contributed by atoms with E-state index < -0.39 is 0 Å². The van der Waals surface area contributed by atoms with E-state index in [1.807, 2.05) is 0 Å². The third kappa shape index (κ3) is 5.10. The largest absolute Gasteiger partial charge is 1.00 e. The van der Waals surface area contributed by atoms with Crippen molar-refractivity contribution in [1.82, 2.24) is 0 Å². The molecule has 1 aromatic rings. The molecular formula is C13H22BrNO. The van der Waals surface area contributed by atoms with Crippen molar-refractivity contribution in [1.29, 1.82) is 0 Å². The Hall–Kier alpha value is -0.380. The Balaban J connectivity index is 0.00000225. The highest BCUT2D eigenvalue weighted by Gasteiger charge is 2.16. The molecular weight excluding hydrogens is 266 g/mol. The number of hydrogen-bond acceptors (Lipinski definition) is 1. The van der Waals surface area contributed by atoms with Crippen LogP contribution < -0.4 is 17.0 Å². The van der Waals surface area contributed by atoms with Crippen molar-refractivity contribution in [2.45, 2.75) is 13.5 Å². The van der Waals surface area contributed by atoms with Gasteiger partial charge in [-0.2, -0.15) is 0 Å². The van der Waals surface area contributed by atoms with Crippen molar-refractivity contribution in [2.75, 3.05) is 34.4 Å². The van der Waals surface area contributed by atoms with Crippen molar-refractivity contribution in [3.8, 4) is 0 Å². The molecule has 0 fully saturated rings. The molecule has 0 saturated carbocycles. The van der Waals surface area contributed by atoms with Crippen LogP contribution in [0.15, 0.2) is 24.3 Å². The average Bonchev–Trinajstić information content (AvgIpc) is 2.18. The van der Waals surface area contributed by atoms with E-state index >= 15 is 0 Å². The second kappa shape index (κ2) is 7.05. The maximum atomic E-state index is 5.13. The summed E-state index contributed by atoms with van der Waals surface area (Å²) >= 11 is 0. The van der Waals surface area contributed by atoms with E-state index in [9.17, 15) is 0 Å². The van der Waals surface area contributed by atoms with Crippen LogP contribution in [-0.2, 0) is 11.3 Å². The Morgan fingerprint density at radius 3 is 2.38 bits per heavy atom. The van der Waals surface area contributed by atoms with Gasteiger partial charge in [0.15, 0.2) is 0 Å². The molecule has 16 heavy (non-hydrogen) atoms. The van der Waals surface area contributed by atoms with Crippen molar-refractivity contribution < 1.29 is 26.2 Å². The highest BCUT2D eigenvalue weighted by molar-refractivity contribution is 5.24. The lowest BCUT2D eigenvalue weighted by Gasteiger charge is -2.30. The van der Waals surface area contributed by atoms with Gasteiger partial charge in [-0.3, -0.25) is 0 Å². The second-order valence-electron chi connectivity index (χ2n) is 4.74. The fraction of sp³-hybridized carbons (Fsp3) is 0.538. The van der Waals surface area contributed by atoms with Crippen molar-refractivity contribution in [3.05, 3.63) is 35.4 Å². The lowest BCUT2D eigenvalue weighted by atomic mass is 10.1. The van der Waals surface area contributed by atoms with Crippen molar-refractivity contribution in [3.63, 3.8) is 0 Å². The van der Waals surface area contributed by atoms with E-state index in [1.54, 1.807) is 7.11 Å². The van der Waals surface area contributed by atoms with Gasteiger partial charge in [0, 0.05) is 12.7 Å². The predicted octanol–water partition coefficient (Wildman–Crippen LogP) is -0.778. The van der Waals surface area contributed by atoms with Crippen LogP contribution in [0.5, 0.6) is 0 Å². The number of likely N-dealkylation sites (N-methyl/N-ethyl adjacent to an activating group) is 1. The number of quaternary nitrogens is 1. The molecule has 0 radical (unpaired) electrons. The SMILES string of the molecule is COCC[N+](C)(C)Cc1ccccc1C.[Br-]. The summed E-state index contributed by atoms with van der Waals surface area (Å²) in [6, 6.07) is 8.58. The molecule has 0 N–H and O–H groups in total. The topological polar surface area (TPSA) is 9.23 Å². The smallest absolute Gasteiger partial charge is 0.104 e. The van der Waals surface area contributed by atoms with Crippen molar-refractivity contribution >= 4 is 0 Å². The summed E-state index contributed by atoms with van der Waals surface area (Å²) in [5, 5.41) is 0. The minimum atomic E-state index is 0. The molecule has 1 rings (SSSR count). The molecule has 0 aliphatic rings. The molecule has 0 spiro atoms. The normalized spacial score (nSPS) is 11.0.